The Morgan fingerprint density at radius 3 is 2.58 bits per heavy atom. The van der Waals surface area contributed by atoms with E-state index in [0.717, 1.165) is 18.1 Å². The maximum absolute atomic E-state index is 13.0. The number of ether oxygens (including phenoxy) is 1. The second-order valence-corrected chi connectivity index (χ2v) is 5.99. The maximum atomic E-state index is 13.0. The Kier molecular flexibility index (Phi) is 6.05. The zero-order valence-corrected chi connectivity index (χ0v) is 14.8. The van der Waals surface area contributed by atoms with Gasteiger partial charge in [-0.05, 0) is 12.1 Å². The molecule has 0 radical (unpaired) electrons. The van der Waals surface area contributed by atoms with Crippen LogP contribution in [0.5, 0.6) is 0 Å². The number of nitrogens with zero attached hydrogens (tertiary/aromatic N) is 1. The highest BCUT2D eigenvalue weighted by atomic mass is 35.5. The van der Waals surface area contributed by atoms with Crippen LogP contribution < -0.4 is 5.32 Å². The van der Waals surface area contributed by atoms with Gasteiger partial charge in [0.1, 0.15) is 5.70 Å². The molecule has 0 saturated carbocycles. The van der Waals surface area contributed by atoms with Crippen LogP contribution in [0.25, 0.3) is 0 Å². The van der Waals surface area contributed by atoms with Gasteiger partial charge in [0.2, 0.25) is 0 Å². The number of carbonyl (C=O) groups excluding carboxylic acids is 2. The van der Waals surface area contributed by atoms with Crippen molar-refractivity contribution in [1.29, 1.82) is 0 Å². The Bertz CT molecular complexity index is 781. The molecule has 0 unspecified atom stereocenters. The fourth-order valence-electron chi connectivity index (χ4n) is 2.36. The van der Waals surface area contributed by atoms with E-state index in [1.807, 2.05) is 0 Å². The lowest BCUT2D eigenvalue weighted by molar-refractivity contribution is -0.137. The van der Waals surface area contributed by atoms with Gasteiger partial charge in [-0.2, -0.15) is 13.2 Å². The number of nitrogens with one attached hydrogen (secondary N) is 1. The van der Waals surface area contributed by atoms with Gasteiger partial charge in [-0.15, -0.1) is 0 Å². The number of benzene rings is 1. The van der Waals surface area contributed by atoms with Crippen molar-refractivity contribution in [1.82, 2.24) is 4.90 Å². The average molecular weight is 413 g/mol. The first kappa shape index (κ1) is 20.3. The Labute approximate surface area is 156 Å². The van der Waals surface area contributed by atoms with Crippen LogP contribution in [0.3, 0.4) is 0 Å². The number of aliphatic hydroxyl groups is 1. The average Bonchev–Trinajstić information content (AvgIpc) is 2.86. The molecule has 1 heterocycles. The number of halogens is 5. The third-order valence-electron chi connectivity index (χ3n) is 3.60. The summed E-state index contributed by atoms with van der Waals surface area (Å²) in [7, 11) is 1.09. The molecular formula is C15H13Cl2F3N2O4. The fourth-order valence-corrected chi connectivity index (χ4v) is 2.93. The van der Waals surface area contributed by atoms with Crippen molar-refractivity contribution < 1.29 is 32.6 Å². The van der Waals surface area contributed by atoms with Crippen LogP contribution in [0.15, 0.2) is 23.4 Å². The molecule has 6 nitrogen and oxygen atoms in total. The number of aliphatic hydroxyl groups excluding tert-OH is 1. The summed E-state index contributed by atoms with van der Waals surface area (Å²) in [6.07, 6.45) is -4.74. The van der Waals surface area contributed by atoms with Crippen molar-refractivity contribution in [2.24, 2.45) is 0 Å². The summed E-state index contributed by atoms with van der Waals surface area (Å²) in [5.74, 6) is -1.55. The molecule has 1 amide bonds. The summed E-state index contributed by atoms with van der Waals surface area (Å²) in [6, 6.07) is 1.68. The molecule has 2 rings (SSSR count). The summed E-state index contributed by atoms with van der Waals surface area (Å²) in [6.45, 7) is -0.615. The number of alkyl halides is 3. The second kappa shape index (κ2) is 7.73. The number of anilines is 1. The minimum atomic E-state index is -4.74. The standard InChI is InChI=1S/C15H13Cl2F3N2O4/c1-26-14(25)7-6-22(4-5-23)13(24)11(7)21-12-9(16)3-2-8(10(12)17)15(18,19)20/h2-3,21,23H,4-6H2,1H3. The number of esters is 1. The number of β-amino-alcohol motifs (C(OH)–C–C–N with tert-alkyl or cyclic N) is 1. The van der Waals surface area contributed by atoms with Crippen molar-refractivity contribution in [3.05, 3.63) is 39.0 Å². The van der Waals surface area contributed by atoms with Crippen molar-refractivity contribution in [3.63, 3.8) is 0 Å². The lowest BCUT2D eigenvalue weighted by Gasteiger charge is -2.17. The van der Waals surface area contributed by atoms with Crippen LogP contribution in [0, 0.1) is 0 Å². The zero-order valence-electron chi connectivity index (χ0n) is 13.3. The van der Waals surface area contributed by atoms with Crippen LogP contribution in [-0.4, -0.2) is 48.7 Å². The molecule has 0 aliphatic carbocycles. The smallest absolute Gasteiger partial charge is 0.417 e. The van der Waals surface area contributed by atoms with E-state index in [1.165, 1.54) is 0 Å². The molecule has 0 aromatic heterocycles. The second-order valence-electron chi connectivity index (χ2n) is 5.20. The van der Waals surface area contributed by atoms with Gasteiger partial charge in [-0.1, -0.05) is 23.2 Å². The summed E-state index contributed by atoms with van der Waals surface area (Å²) < 4.78 is 43.7. The highest BCUT2D eigenvalue weighted by molar-refractivity contribution is 6.40. The SMILES string of the molecule is COC(=O)C1=C(Nc2c(Cl)ccc(C(F)(F)F)c2Cl)C(=O)N(CCO)C1. The molecule has 0 spiro atoms. The van der Waals surface area contributed by atoms with E-state index < -0.39 is 28.6 Å². The van der Waals surface area contributed by atoms with E-state index in [9.17, 15) is 22.8 Å². The number of methoxy groups -OCH3 is 1. The molecule has 2 N–H and O–H groups in total. The summed E-state index contributed by atoms with van der Waals surface area (Å²) in [4.78, 5) is 25.4. The highest BCUT2D eigenvalue weighted by Crippen LogP contribution is 2.42. The van der Waals surface area contributed by atoms with E-state index in [0.29, 0.717) is 6.07 Å². The molecule has 142 valence electrons. The predicted octanol–water partition coefficient (Wildman–Crippen LogP) is 2.69. The first-order valence-electron chi connectivity index (χ1n) is 7.15. The molecule has 11 heteroatoms. The molecule has 0 atom stereocenters. The molecule has 0 bridgehead atoms. The number of amides is 1. The minimum absolute atomic E-state index is 0.0748. The lowest BCUT2D eigenvalue weighted by Crippen LogP contribution is -2.31. The normalized spacial score (nSPS) is 14.9. The topological polar surface area (TPSA) is 78.9 Å². The van der Waals surface area contributed by atoms with Gasteiger partial charge in [0, 0.05) is 6.54 Å². The van der Waals surface area contributed by atoms with Crippen molar-refractivity contribution >= 4 is 40.8 Å². The van der Waals surface area contributed by atoms with Gasteiger partial charge in [-0.25, -0.2) is 4.79 Å². The van der Waals surface area contributed by atoms with Gasteiger partial charge in [-0.3, -0.25) is 4.79 Å². The third kappa shape index (κ3) is 3.89. The zero-order chi connectivity index (χ0) is 19.6. The van der Waals surface area contributed by atoms with Gasteiger partial charge < -0.3 is 20.1 Å². The van der Waals surface area contributed by atoms with Gasteiger partial charge in [0.25, 0.3) is 5.91 Å². The Balaban J connectivity index is 2.50. The van der Waals surface area contributed by atoms with E-state index in [2.05, 4.69) is 10.1 Å². The summed E-state index contributed by atoms with van der Waals surface area (Å²) >= 11 is 11.7. The number of carbonyl (C=O) groups is 2. The quantitative estimate of drug-likeness (QED) is 0.726. The summed E-state index contributed by atoms with van der Waals surface area (Å²) in [5, 5.41) is 10.5. The largest absolute Gasteiger partial charge is 0.466 e. The van der Waals surface area contributed by atoms with Crippen LogP contribution in [0.1, 0.15) is 5.56 Å². The maximum Gasteiger partial charge on any atom is 0.417 e. The number of rotatable bonds is 5. The lowest BCUT2D eigenvalue weighted by atomic mass is 10.1. The molecule has 1 aliphatic heterocycles. The summed E-state index contributed by atoms with van der Waals surface area (Å²) in [5.41, 5.74) is -1.94. The predicted molar refractivity (Wildman–Crippen MR) is 87.8 cm³/mol. The molecule has 1 aromatic carbocycles. The Morgan fingerprint density at radius 2 is 2.04 bits per heavy atom. The van der Waals surface area contributed by atoms with Gasteiger partial charge >= 0.3 is 12.1 Å². The van der Waals surface area contributed by atoms with Crippen LogP contribution in [0.2, 0.25) is 10.0 Å². The first-order valence-corrected chi connectivity index (χ1v) is 7.91. The molecule has 0 fully saturated rings. The van der Waals surface area contributed by atoms with Crippen molar-refractivity contribution in [3.8, 4) is 0 Å². The molecule has 0 saturated heterocycles. The van der Waals surface area contributed by atoms with Gasteiger partial charge in [0.05, 0.1) is 47.1 Å². The van der Waals surface area contributed by atoms with E-state index in [4.69, 9.17) is 28.3 Å². The third-order valence-corrected chi connectivity index (χ3v) is 4.31. The van der Waals surface area contributed by atoms with Crippen LogP contribution >= 0.6 is 23.2 Å². The number of hydrogen-bond donors (Lipinski definition) is 2. The van der Waals surface area contributed by atoms with E-state index in [-0.39, 0.29) is 41.7 Å². The van der Waals surface area contributed by atoms with E-state index >= 15 is 0 Å². The molecule has 26 heavy (non-hydrogen) atoms. The van der Waals surface area contributed by atoms with Crippen molar-refractivity contribution in [2.45, 2.75) is 6.18 Å². The molecule has 1 aromatic rings. The molecular weight excluding hydrogens is 400 g/mol. The molecule has 1 aliphatic rings. The monoisotopic (exact) mass is 412 g/mol. The fraction of sp³-hybridized carbons (Fsp3) is 0.333. The number of hydrogen-bond acceptors (Lipinski definition) is 5. The Morgan fingerprint density at radius 1 is 1.38 bits per heavy atom. The van der Waals surface area contributed by atoms with Crippen molar-refractivity contribution in [2.75, 3.05) is 32.1 Å². The Hall–Kier alpha value is -1.97. The minimum Gasteiger partial charge on any atom is -0.466 e. The van der Waals surface area contributed by atoms with Crippen LogP contribution in [0.4, 0.5) is 18.9 Å². The first-order chi connectivity index (χ1) is 12.1. The van der Waals surface area contributed by atoms with E-state index in [1.54, 1.807) is 0 Å². The van der Waals surface area contributed by atoms with Crippen LogP contribution in [-0.2, 0) is 20.5 Å². The highest BCUT2D eigenvalue weighted by Gasteiger charge is 2.37. The van der Waals surface area contributed by atoms with Gasteiger partial charge in [0.15, 0.2) is 0 Å².